The summed E-state index contributed by atoms with van der Waals surface area (Å²) in [6.07, 6.45) is 3.61. The topological polar surface area (TPSA) is 77.0 Å². The molecule has 316 valence electrons. The van der Waals surface area contributed by atoms with E-state index in [-0.39, 0.29) is 26.8 Å². The van der Waals surface area contributed by atoms with E-state index in [2.05, 4.69) is 198 Å². The van der Waals surface area contributed by atoms with Gasteiger partial charge >= 0.3 is 0 Å². The summed E-state index contributed by atoms with van der Waals surface area (Å²) in [7, 11) is 0. The maximum Gasteiger partial charge on any atom is 0.232 e. The van der Waals surface area contributed by atoms with E-state index >= 15 is 0 Å². The number of rotatable bonds is 8. The monoisotopic (exact) mass is 1030 g/mol. The fraction of sp³-hybridized carbons (Fsp3) is 0. The van der Waals surface area contributed by atoms with Gasteiger partial charge in [-0.1, -0.05) is 187 Å². The molecule has 4 aromatic heterocycles. The Hall–Kier alpha value is -8.18. The molecule has 0 saturated heterocycles. The van der Waals surface area contributed by atoms with Gasteiger partial charge in [-0.3, -0.25) is 0 Å². The Balaban J connectivity index is 0.00000481. The van der Waals surface area contributed by atoms with E-state index in [4.69, 9.17) is 14.4 Å². The molecule has 0 radical (unpaired) electrons. The number of imidazole rings is 1. The Kier molecular flexibility index (Phi) is 10.5. The van der Waals surface area contributed by atoms with Gasteiger partial charge in [0.2, 0.25) is 5.71 Å². The van der Waals surface area contributed by atoms with Crippen molar-refractivity contribution in [2.45, 2.75) is 0 Å². The van der Waals surface area contributed by atoms with E-state index in [1.54, 1.807) is 6.07 Å². The van der Waals surface area contributed by atoms with Crippen LogP contribution in [0.1, 0.15) is 0 Å². The summed E-state index contributed by atoms with van der Waals surface area (Å²) in [4.78, 5) is 15.0. The molecule has 0 fully saturated rings. The predicted octanol–water partition coefficient (Wildman–Crippen LogP) is 14.9. The van der Waals surface area contributed by atoms with Crippen molar-refractivity contribution in [2.24, 2.45) is 0 Å². The number of furan rings is 1. The third kappa shape index (κ3) is 7.09. The summed E-state index contributed by atoms with van der Waals surface area (Å²) in [6, 6.07) is 75.2. The first-order chi connectivity index (χ1) is 32.2. The van der Waals surface area contributed by atoms with Crippen LogP contribution in [-0.2, 0) is 21.1 Å². The number of aromatic nitrogens is 4. The van der Waals surface area contributed by atoms with Gasteiger partial charge in [-0.2, -0.15) is 0 Å². The molecule has 0 atom stereocenters. The van der Waals surface area contributed by atoms with Crippen molar-refractivity contribution in [1.29, 1.82) is 0 Å². The standard InChI is InChI=1S/C59H37N4O2.Pt/c64-52-34-35-60-59-55(52)56-53(65-59)33-32-50(61-56)51-37-63(57-46(40-20-9-3-10-21-40)27-15-28-47(57)41-22-11-4-12-23-41)58(62-51)48-29-13-24-42-30-31-43(36-49(42)48)54-44(38-16-5-1-6-17-38)25-14-26-45(54)39-18-7-2-8-19-39;/h1-35,37H,(H,60,64);/q-1;. The molecule has 12 aromatic rings. The first-order valence-electron chi connectivity index (χ1n) is 21.6. The van der Waals surface area contributed by atoms with Gasteiger partial charge in [0.15, 0.2) is 5.58 Å². The fourth-order valence-corrected chi connectivity index (χ4v) is 9.15. The van der Waals surface area contributed by atoms with Crippen molar-refractivity contribution in [3.05, 3.63) is 225 Å². The van der Waals surface area contributed by atoms with Crippen LogP contribution < -0.4 is 0 Å². The van der Waals surface area contributed by atoms with E-state index in [1.807, 2.05) is 24.3 Å². The van der Waals surface area contributed by atoms with E-state index in [1.165, 1.54) is 6.20 Å². The number of aromatic hydroxyl groups is 1. The average molecular weight is 1030 g/mol. The molecule has 7 heteroatoms. The van der Waals surface area contributed by atoms with E-state index < -0.39 is 0 Å². The Bertz CT molecular complexity index is 3600. The number of hydrogen-bond acceptors (Lipinski definition) is 5. The second-order valence-electron chi connectivity index (χ2n) is 16.0. The molecule has 0 aliphatic rings. The maximum atomic E-state index is 10.9. The molecular weight excluding hydrogens is 992 g/mol. The SMILES string of the molecule is Oc1ccnc2oc3ccc(-c4cn(-c5c(-c6ccccc6)cccc5-c5ccccc5)c(-c5cccc6ccc(-c7c(-c8ccccc8)cccc7-c7ccccc7)[c-]c56)n4)nc3c12.[Pt]. The molecule has 66 heavy (non-hydrogen) atoms. The molecule has 6 nitrogen and oxygen atoms in total. The summed E-state index contributed by atoms with van der Waals surface area (Å²) in [5.74, 6) is 0.780. The van der Waals surface area contributed by atoms with E-state index in [9.17, 15) is 5.11 Å². The van der Waals surface area contributed by atoms with Gasteiger partial charge in [-0.15, -0.1) is 29.1 Å². The van der Waals surface area contributed by atoms with Crippen LogP contribution in [0.4, 0.5) is 0 Å². The number of para-hydroxylation sites is 1. The molecule has 0 spiro atoms. The molecular formula is C59H37N4O2Pt-. The number of fused-ring (bicyclic) bond motifs is 4. The Morgan fingerprint density at radius 3 is 1.64 bits per heavy atom. The van der Waals surface area contributed by atoms with Crippen molar-refractivity contribution < 1.29 is 30.6 Å². The quantitative estimate of drug-likeness (QED) is 0.153. The van der Waals surface area contributed by atoms with Crippen LogP contribution in [0.3, 0.4) is 0 Å². The summed E-state index contributed by atoms with van der Waals surface area (Å²) >= 11 is 0. The van der Waals surface area contributed by atoms with Crippen molar-refractivity contribution in [3.63, 3.8) is 0 Å². The molecule has 0 saturated carbocycles. The largest absolute Gasteiger partial charge is 0.507 e. The van der Waals surface area contributed by atoms with Gasteiger partial charge in [0, 0.05) is 44.6 Å². The molecule has 1 N–H and O–H groups in total. The number of hydrogen-bond donors (Lipinski definition) is 1. The van der Waals surface area contributed by atoms with Crippen LogP contribution in [0.5, 0.6) is 5.75 Å². The van der Waals surface area contributed by atoms with Gasteiger partial charge in [-0.05, 0) is 57.1 Å². The van der Waals surface area contributed by atoms with Crippen LogP contribution in [0.25, 0.3) is 117 Å². The van der Waals surface area contributed by atoms with Crippen molar-refractivity contribution in [1.82, 2.24) is 19.5 Å². The normalized spacial score (nSPS) is 11.3. The second-order valence-corrected chi connectivity index (χ2v) is 16.0. The van der Waals surface area contributed by atoms with Gasteiger partial charge in [0.1, 0.15) is 28.2 Å². The molecule has 0 aliphatic heterocycles. The zero-order valence-corrected chi connectivity index (χ0v) is 37.5. The minimum absolute atomic E-state index is 0. The number of benzene rings is 8. The average Bonchev–Trinajstić information content (AvgIpc) is 3.99. The van der Waals surface area contributed by atoms with E-state index in [0.717, 1.165) is 83.5 Å². The first-order valence-corrected chi connectivity index (χ1v) is 21.6. The van der Waals surface area contributed by atoms with Gasteiger partial charge in [0.25, 0.3) is 0 Å². The molecule has 0 aliphatic carbocycles. The smallest absolute Gasteiger partial charge is 0.232 e. The summed E-state index contributed by atoms with van der Waals surface area (Å²) in [5, 5.41) is 13.4. The summed E-state index contributed by atoms with van der Waals surface area (Å²) < 4.78 is 8.25. The van der Waals surface area contributed by atoms with Crippen LogP contribution in [0, 0.1) is 6.07 Å². The molecule has 8 aromatic carbocycles. The molecule has 12 rings (SSSR count). The zero-order valence-electron chi connectivity index (χ0n) is 35.2. The van der Waals surface area contributed by atoms with Crippen LogP contribution in [0.15, 0.2) is 223 Å². The third-order valence-corrected chi connectivity index (χ3v) is 12.1. The Morgan fingerprint density at radius 2 is 1.03 bits per heavy atom. The molecule has 4 heterocycles. The maximum absolute atomic E-state index is 10.9. The number of pyridine rings is 2. The van der Waals surface area contributed by atoms with Gasteiger partial charge in [0.05, 0.1) is 11.4 Å². The molecule has 0 amide bonds. The zero-order chi connectivity index (χ0) is 43.3. The van der Waals surface area contributed by atoms with Crippen LogP contribution >= 0.6 is 0 Å². The Morgan fingerprint density at radius 1 is 0.485 bits per heavy atom. The third-order valence-electron chi connectivity index (χ3n) is 12.1. The Labute approximate surface area is 395 Å². The first kappa shape index (κ1) is 40.6. The van der Waals surface area contributed by atoms with E-state index in [0.29, 0.717) is 33.6 Å². The fourth-order valence-electron chi connectivity index (χ4n) is 9.15. The minimum atomic E-state index is 0. The minimum Gasteiger partial charge on any atom is -0.507 e. The van der Waals surface area contributed by atoms with Crippen LogP contribution in [0.2, 0.25) is 0 Å². The second kappa shape index (κ2) is 17.1. The van der Waals surface area contributed by atoms with Crippen molar-refractivity contribution in [2.75, 3.05) is 0 Å². The van der Waals surface area contributed by atoms with Crippen molar-refractivity contribution in [3.8, 4) is 89.8 Å². The van der Waals surface area contributed by atoms with Crippen LogP contribution in [-0.4, -0.2) is 24.6 Å². The number of nitrogens with zero attached hydrogens (tertiary/aromatic N) is 4. The summed E-state index contributed by atoms with van der Waals surface area (Å²) in [6.45, 7) is 0. The predicted molar refractivity (Wildman–Crippen MR) is 262 cm³/mol. The van der Waals surface area contributed by atoms with Gasteiger partial charge in [-0.25, -0.2) is 15.0 Å². The van der Waals surface area contributed by atoms with Gasteiger partial charge < -0.3 is 14.1 Å². The molecule has 0 bridgehead atoms. The van der Waals surface area contributed by atoms with Crippen molar-refractivity contribution >= 4 is 33.0 Å². The molecule has 0 unspecified atom stereocenters. The summed E-state index contributed by atoms with van der Waals surface area (Å²) in [5.41, 5.74) is 15.4.